The number of nitrogens with zero attached hydrogens (tertiary/aromatic N) is 1. The molecule has 1 atom stereocenters. The second-order valence-corrected chi connectivity index (χ2v) is 4.56. The van der Waals surface area contributed by atoms with Gasteiger partial charge < -0.3 is 9.88 Å². The molecule has 0 spiro atoms. The normalized spacial score (nSPS) is 11.9. The minimum absolute atomic E-state index is 0.264. The van der Waals surface area contributed by atoms with Crippen LogP contribution in [0.3, 0.4) is 0 Å². The maximum atomic E-state index is 12.1. The molecule has 0 bridgehead atoms. The number of carbonyl (C=O) groups is 1. The van der Waals surface area contributed by atoms with E-state index in [1.807, 2.05) is 18.2 Å². The fraction of sp³-hybridized carbons (Fsp3) is 0.143. The zero-order valence-electron chi connectivity index (χ0n) is 10.3. The molecule has 1 aromatic heterocycles. The summed E-state index contributed by atoms with van der Waals surface area (Å²) < 4.78 is 1.31. The number of para-hydroxylation sites is 1. The molecule has 98 valence electrons. The van der Waals surface area contributed by atoms with Crippen LogP contribution in [0, 0.1) is 0 Å². The number of carbonyl (C=O) groups excluding carboxylic acids is 1. The Morgan fingerprint density at radius 3 is 2.58 bits per heavy atom. The van der Waals surface area contributed by atoms with Gasteiger partial charge in [-0.25, -0.2) is 0 Å². The standard InChI is InChI=1S/C14H13ClN2O2/c1-10(17-9-11(15)7-8-13(17)18)14(19)16-12-5-3-2-4-6-12/h2-10H,1H3,(H,16,19). The van der Waals surface area contributed by atoms with Crippen molar-refractivity contribution in [3.63, 3.8) is 0 Å². The fourth-order valence-electron chi connectivity index (χ4n) is 1.67. The largest absolute Gasteiger partial charge is 0.324 e. The highest BCUT2D eigenvalue weighted by Gasteiger charge is 2.16. The predicted molar refractivity (Wildman–Crippen MR) is 75.5 cm³/mol. The quantitative estimate of drug-likeness (QED) is 0.937. The molecule has 0 saturated heterocycles. The summed E-state index contributed by atoms with van der Waals surface area (Å²) in [4.78, 5) is 23.8. The Hall–Kier alpha value is -2.07. The first-order chi connectivity index (χ1) is 9.08. The highest BCUT2D eigenvalue weighted by molar-refractivity contribution is 6.30. The van der Waals surface area contributed by atoms with Gasteiger partial charge in [0.25, 0.3) is 5.56 Å². The van der Waals surface area contributed by atoms with E-state index in [0.717, 1.165) is 0 Å². The zero-order chi connectivity index (χ0) is 13.8. The summed E-state index contributed by atoms with van der Waals surface area (Å²) in [7, 11) is 0. The Bertz CT molecular complexity index is 637. The van der Waals surface area contributed by atoms with Crippen LogP contribution in [0.4, 0.5) is 5.69 Å². The molecule has 2 aromatic rings. The van der Waals surface area contributed by atoms with Crippen molar-refractivity contribution in [1.29, 1.82) is 0 Å². The number of benzene rings is 1. The Morgan fingerprint density at radius 1 is 1.21 bits per heavy atom. The van der Waals surface area contributed by atoms with Crippen LogP contribution in [-0.4, -0.2) is 10.5 Å². The van der Waals surface area contributed by atoms with E-state index in [-0.39, 0.29) is 11.5 Å². The van der Waals surface area contributed by atoms with Crippen molar-refractivity contribution in [2.75, 3.05) is 5.32 Å². The number of nitrogens with one attached hydrogen (secondary N) is 1. The van der Waals surface area contributed by atoms with E-state index in [9.17, 15) is 9.59 Å². The molecule has 2 rings (SSSR count). The summed E-state index contributed by atoms with van der Waals surface area (Å²) in [5.41, 5.74) is 0.425. The smallest absolute Gasteiger partial charge is 0.251 e. The van der Waals surface area contributed by atoms with Crippen LogP contribution in [-0.2, 0) is 4.79 Å². The lowest BCUT2D eigenvalue weighted by molar-refractivity contribution is -0.118. The van der Waals surface area contributed by atoms with Gasteiger partial charge in [-0.2, -0.15) is 0 Å². The van der Waals surface area contributed by atoms with Crippen molar-refractivity contribution in [2.45, 2.75) is 13.0 Å². The van der Waals surface area contributed by atoms with Crippen LogP contribution in [0.15, 0.2) is 53.5 Å². The molecule has 5 heteroatoms. The Morgan fingerprint density at radius 2 is 1.89 bits per heavy atom. The first-order valence-corrected chi connectivity index (χ1v) is 6.19. The van der Waals surface area contributed by atoms with Crippen molar-refractivity contribution in [3.8, 4) is 0 Å². The lowest BCUT2D eigenvalue weighted by Gasteiger charge is -2.15. The number of pyridine rings is 1. The third-order valence-corrected chi connectivity index (χ3v) is 2.96. The van der Waals surface area contributed by atoms with Gasteiger partial charge in [-0.3, -0.25) is 9.59 Å². The van der Waals surface area contributed by atoms with E-state index < -0.39 is 6.04 Å². The number of rotatable bonds is 3. The molecule has 1 amide bonds. The topological polar surface area (TPSA) is 51.1 Å². The average Bonchev–Trinajstić information content (AvgIpc) is 2.42. The summed E-state index contributed by atoms with van der Waals surface area (Å²) >= 11 is 5.83. The van der Waals surface area contributed by atoms with Crippen molar-refractivity contribution in [3.05, 3.63) is 64.0 Å². The fourth-order valence-corrected chi connectivity index (χ4v) is 1.84. The summed E-state index contributed by atoms with van der Waals surface area (Å²) in [6, 6.07) is 11.3. The van der Waals surface area contributed by atoms with Gasteiger partial charge in [0.2, 0.25) is 5.91 Å². The zero-order valence-corrected chi connectivity index (χ0v) is 11.1. The van der Waals surface area contributed by atoms with Crippen LogP contribution >= 0.6 is 11.6 Å². The van der Waals surface area contributed by atoms with Crippen molar-refractivity contribution < 1.29 is 4.79 Å². The van der Waals surface area contributed by atoms with Crippen LogP contribution in [0.5, 0.6) is 0 Å². The number of amides is 1. The van der Waals surface area contributed by atoms with Crippen LogP contribution < -0.4 is 10.9 Å². The lowest BCUT2D eigenvalue weighted by Crippen LogP contribution is -2.30. The summed E-state index contributed by atoms with van der Waals surface area (Å²) in [6.07, 6.45) is 1.46. The molecule has 1 unspecified atom stereocenters. The Labute approximate surface area is 115 Å². The molecule has 1 N–H and O–H groups in total. The van der Waals surface area contributed by atoms with Gasteiger partial charge in [0, 0.05) is 18.0 Å². The molecule has 0 saturated carbocycles. The van der Waals surface area contributed by atoms with E-state index in [0.29, 0.717) is 10.7 Å². The number of aromatic nitrogens is 1. The van der Waals surface area contributed by atoms with Gasteiger partial charge in [-0.1, -0.05) is 29.8 Å². The van der Waals surface area contributed by atoms with Crippen LogP contribution in [0.2, 0.25) is 5.02 Å². The van der Waals surface area contributed by atoms with Gasteiger partial charge in [0.05, 0.1) is 5.02 Å². The van der Waals surface area contributed by atoms with Gasteiger partial charge in [-0.05, 0) is 25.1 Å². The molecule has 0 aliphatic rings. The number of hydrogen-bond donors (Lipinski definition) is 1. The average molecular weight is 277 g/mol. The summed E-state index contributed by atoms with van der Waals surface area (Å²) in [5.74, 6) is -0.268. The molecule has 1 aromatic carbocycles. The third kappa shape index (κ3) is 3.23. The maximum absolute atomic E-state index is 12.1. The lowest BCUT2D eigenvalue weighted by atomic mass is 10.2. The molecule has 1 heterocycles. The summed E-state index contributed by atoms with van der Waals surface area (Å²) in [6.45, 7) is 1.65. The van der Waals surface area contributed by atoms with Crippen molar-refractivity contribution >= 4 is 23.2 Å². The predicted octanol–water partition coefficient (Wildman–Crippen LogP) is 2.70. The molecule has 0 radical (unpaired) electrons. The minimum Gasteiger partial charge on any atom is -0.324 e. The highest BCUT2D eigenvalue weighted by atomic mass is 35.5. The van der Waals surface area contributed by atoms with Gasteiger partial charge in [-0.15, -0.1) is 0 Å². The van der Waals surface area contributed by atoms with Gasteiger partial charge >= 0.3 is 0 Å². The molecule has 0 aliphatic carbocycles. The van der Waals surface area contributed by atoms with Gasteiger partial charge in [0.1, 0.15) is 6.04 Å². The molecule has 19 heavy (non-hydrogen) atoms. The van der Waals surface area contributed by atoms with Crippen molar-refractivity contribution in [1.82, 2.24) is 4.57 Å². The SMILES string of the molecule is CC(C(=O)Nc1ccccc1)n1cc(Cl)ccc1=O. The third-order valence-electron chi connectivity index (χ3n) is 2.74. The van der Waals surface area contributed by atoms with E-state index >= 15 is 0 Å². The highest BCUT2D eigenvalue weighted by Crippen LogP contribution is 2.12. The number of hydrogen-bond acceptors (Lipinski definition) is 2. The van der Waals surface area contributed by atoms with E-state index in [2.05, 4.69) is 5.32 Å². The molecule has 0 fully saturated rings. The molecular formula is C14H13ClN2O2. The van der Waals surface area contributed by atoms with E-state index in [4.69, 9.17) is 11.6 Å². The second kappa shape index (κ2) is 5.71. The van der Waals surface area contributed by atoms with E-state index in [1.165, 1.54) is 22.9 Å². The van der Waals surface area contributed by atoms with Crippen molar-refractivity contribution in [2.24, 2.45) is 0 Å². The van der Waals surface area contributed by atoms with E-state index in [1.54, 1.807) is 19.1 Å². The monoisotopic (exact) mass is 276 g/mol. The Kier molecular flexibility index (Phi) is 4.02. The molecular weight excluding hydrogens is 264 g/mol. The van der Waals surface area contributed by atoms with Crippen LogP contribution in [0.25, 0.3) is 0 Å². The van der Waals surface area contributed by atoms with Gasteiger partial charge in [0.15, 0.2) is 0 Å². The second-order valence-electron chi connectivity index (χ2n) is 4.12. The molecule has 4 nitrogen and oxygen atoms in total. The van der Waals surface area contributed by atoms with Crippen LogP contribution in [0.1, 0.15) is 13.0 Å². The Balaban J connectivity index is 2.20. The first-order valence-electron chi connectivity index (χ1n) is 5.81. The maximum Gasteiger partial charge on any atom is 0.251 e. The molecule has 0 aliphatic heterocycles. The number of anilines is 1. The number of halogens is 1. The minimum atomic E-state index is -0.633. The first kappa shape index (κ1) is 13.4. The summed E-state index contributed by atoms with van der Waals surface area (Å²) in [5, 5.41) is 3.16.